The number of carbonyl (C=O) groups excluding carboxylic acids is 1. The number of nitrogens with zero attached hydrogens (tertiary/aromatic N) is 3. The first kappa shape index (κ1) is 12.3. The summed E-state index contributed by atoms with van der Waals surface area (Å²) in [6, 6.07) is 0.461. The standard InChI is InChI=1S/C12H15N5OS/c1-7(18)14-12-15-10-9(11(19)16-12)13-6-17(10)8-4-2-3-5-8/h6,8H,2-5H2,1H3,(H2,14,15,16,18,19). The van der Waals surface area contributed by atoms with Gasteiger partial charge in [0.2, 0.25) is 11.9 Å². The Morgan fingerprint density at radius 2 is 2.26 bits per heavy atom. The van der Waals surface area contributed by atoms with E-state index in [0.717, 1.165) is 18.5 Å². The number of hydrogen-bond donors (Lipinski definition) is 2. The van der Waals surface area contributed by atoms with E-state index >= 15 is 0 Å². The molecule has 7 heteroatoms. The van der Waals surface area contributed by atoms with Gasteiger partial charge in [-0.15, -0.1) is 0 Å². The zero-order valence-electron chi connectivity index (χ0n) is 10.6. The van der Waals surface area contributed by atoms with Crippen LogP contribution in [0.3, 0.4) is 0 Å². The van der Waals surface area contributed by atoms with Gasteiger partial charge in [-0.3, -0.25) is 10.1 Å². The number of aromatic nitrogens is 4. The Kier molecular flexibility index (Phi) is 3.06. The number of carbonyl (C=O) groups is 1. The number of aromatic amines is 1. The summed E-state index contributed by atoms with van der Waals surface area (Å²) in [6.07, 6.45) is 6.61. The predicted molar refractivity (Wildman–Crippen MR) is 74.5 cm³/mol. The minimum atomic E-state index is -0.176. The van der Waals surface area contributed by atoms with E-state index in [0.29, 0.717) is 22.1 Å². The second-order valence-corrected chi connectivity index (χ2v) is 5.25. The summed E-state index contributed by atoms with van der Waals surface area (Å²) in [5.41, 5.74) is 1.53. The van der Waals surface area contributed by atoms with Crippen LogP contribution in [0.4, 0.5) is 5.95 Å². The Hall–Kier alpha value is -1.76. The predicted octanol–water partition coefficient (Wildman–Crippen LogP) is 2.56. The molecule has 6 nitrogen and oxygen atoms in total. The van der Waals surface area contributed by atoms with Gasteiger partial charge in [0, 0.05) is 13.0 Å². The van der Waals surface area contributed by atoms with Crippen molar-refractivity contribution in [2.75, 3.05) is 5.32 Å². The lowest BCUT2D eigenvalue weighted by atomic mass is 10.2. The topological polar surface area (TPSA) is 75.6 Å². The van der Waals surface area contributed by atoms with Crippen molar-refractivity contribution >= 4 is 35.2 Å². The molecule has 0 saturated heterocycles. The quantitative estimate of drug-likeness (QED) is 0.827. The van der Waals surface area contributed by atoms with E-state index in [4.69, 9.17) is 12.2 Å². The molecule has 3 rings (SSSR count). The smallest absolute Gasteiger partial charge is 0.223 e. The number of hydrogen-bond acceptors (Lipinski definition) is 4. The van der Waals surface area contributed by atoms with Crippen LogP contribution in [0.1, 0.15) is 38.6 Å². The van der Waals surface area contributed by atoms with E-state index < -0.39 is 0 Å². The Labute approximate surface area is 115 Å². The molecule has 1 fully saturated rings. The Morgan fingerprint density at radius 3 is 2.95 bits per heavy atom. The minimum Gasteiger partial charge on any atom is -0.314 e. The zero-order valence-corrected chi connectivity index (χ0v) is 11.5. The van der Waals surface area contributed by atoms with E-state index in [9.17, 15) is 4.79 Å². The van der Waals surface area contributed by atoms with Gasteiger partial charge in [0.25, 0.3) is 0 Å². The third-order valence-electron chi connectivity index (χ3n) is 3.46. The lowest BCUT2D eigenvalue weighted by Crippen LogP contribution is -2.11. The van der Waals surface area contributed by atoms with Gasteiger partial charge < -0.3 is 9.55 Å². The average Bonchev–Trinajstić information content (AvgIpc) is 2.94. The molecular formula is C12H15N5OS. The fourth-order valence-corrected chi connectivity index (χ4v) is 2.86. The highest BCUT2D eigenvalue weighted by molar-refractivity contribution is 7.71. The molecule has 0 bridgehead atoms. The van der Waals surface area contributed by atoms with Crippen molar-refractivity contribution in [3.05, 3.63) is 11.0 Å². The number of amides is 1. The lowest BCUT2D eigenvalue weighted by Gasteiger charge is -2.12. The molecule has 1 aliphatic carbocycles. The highest BCUT2D eigenvalue weighted by Crippen LogP contribution is 2.31. The maximum atomic E-state index is 11.1. The minimum absolute atomic E-state index is 0.176. The van der Waals surface area contributed by atoms with Gasteiger partial charge in [-0.2, -0.15) is 0 Å². The fraction of sp³-hybridized carbons (Fsp3) is 0.500. The second kappa shape index (κ2) is 4.73. The third-order valence-corrected chi connectivity index (χ3v) is 3.74. The highest BCUT2D eigenvalue weighted by atomic mass is 32.1. The van der Waals surface area contributed by atoms with Crippen LogP contribution >= 0.6 is 12.2 Å². The average molecular weight is 277 g/mol. The van der Waals surface area contributed by atoms with Gasteiger partial charge in [-0.1, -0.05) is 25.1 Å². The van der Waals surface area contributed by atoms with Crippen LogP contribution in [0.5, 0.6) is 0 Å². The second-order valence-electron chi connectivity index (χ2n) is 4.86. The molecule has 2 heterocycles. The fourth-order valence-electron chi connectivity index (χ4n) is 2.62. The van der Waals surface area contributed by atoms with E-state index in [1.165, 1.54) is 19.8 Å². The Balaban J connectivity index is 2.11. The maximum absolute atomic E-state index is 11.1. The molecule has 1 amide bonds. The van der Waals surface area contributed by atoms with E-state index in [1.807, 2.05) is 6.33 Å². The van der Waals surface area contributed by atoms with Gasteiger partial charge in [0.05, 0.1) is 6.33 Å². The van der Waals surface area contributed by atoms with Crippen LogP contribution in [0, 0.1) is 4.64 Å². The normalized spacial score (nSPS) is 16.1. The molecule has 0 aromatic carbocycles. The molecular weight excluding hydrogens is 262 g/mol. The number of imidazole rings is 1. The number of H-pyrrole nitrogens is 1. The van der Waals surface area contributed by atoms with Gasteiger partial charge >= 0.3 is 0 Å². The van der Waals surface area contributed by atoms with Crippen molar-refractivity contribution in [3.8, 4) is 0 Å². The summed E-state index contributed by atoms with van der Waals surface area (Å²) in [5, 5.41) is 2.63. The van der Waals surface area contributed by atoms with Crippen LogP contribution in [0.2, 0.25) is 0 Å². The zero-order chi connectivity index (χ0) is 13.4. The SMILES string of the molecule is CC(=O)Nc1nc(=S)c2ncn(C3CCCC3)c2[nH]1. The molecule has 0 unspecified atom stereocenters. The first-order chi connectivity index (χ1) is 9.15. The van der Waals surface area contributed by atoms with Crippen molar-refractivity contribution in [1.29, 1.82) is 0 Å². The van der Waals surface area contributed by atoms with Gasteiger partial charge in [-0.05, 0) is 12.8 Å². The maximum Gasteiger partial charge on any atom is 0.223 e. The highest BCUT2D eigenvalue weighted by Gasteiger charge is 2.20. The monoisotopic (exact) mass is 277 g/mol. The van der Waals surface area contributed by atoms with Gasteiger partial charge in [-0.25, -0.2) is 9.97 Å². The molecule has 1 saturated carbocycles. The van der Waals surface area contributed by atoms with Gasteiger partial charge in [0.1, 0.15) is 11.2 Å². The van der Waals surface area contributed by atoms with E-state index in [1.54, 1.807) is 0 Å². The number of rotatable bonds is 2. The first-order valence-corrected chi connectivity index (χ1v) is 6.80. The van der Waals surface area contributed by atoms with Gasteiger partial charge in [0.15, 0.2) is 4.64 Å². The first-order valence-electron chi connectivity index (χ1n) is 6.39. The molecule has 0 atom stereocenters. The third kappa shape index (κ3) is 2.25. The van der Waals surface area contributed by atoms with Crippen LogP contribution < -0.4 is 5.32 Å². The van der Waals surface area contributed by atoms with Crippen LogP contribution in [0.25, 0.3) is 11.2 Å². The number of anilines is 1. The summed E-state index contributed by atoms with van der Waals surface area (Å²) in [4.78, 5) is 22.7. The number of nitrogens with one attached hydrogen (secondary N) is 2. The Morgan fingerprint density at radius 1 is 1.53 bits per heavy atom. The molecule has 2 N–H and O–H groups in total. The summed E-state index contributed by atoms with van der Waals surface area (Å²) in [6.45, 7) is 1.44. The number of fused-ring (bicyclic) bond motifs is 1. The Bertz CT molecular complexity index is 683. The van der Waals surface area contributed by atoms with Crippen molar-refractivity contribution in [1.82, 2.24) is 19.5 Å². The molecule has 2 aromatic rings. The van der Waals surface area contributed by atoms with E-state index in [2.05, 4.69) is 24.8 Å². The summed E-state index contributed by atoms with van der Waals surface area (Å²) < 4.78 is 2.53. The summed E-state index contributed by atoms with van der Waals surface area (Å²) in [5.74, 6) is 0.203. The van der Waals surface area contributed by atoms with Crippen LogP contribution in [0.15, 0.2) is 6.33 Å². The van der Waals surface area contributed by atoms with Crippen molar-refractivity contribution in [2.45, 2.75) is 38.6 Å². The summed E-state index contributed by atoms with van der Waals surface area (Å²) >= 11 is 5.22. The van der Waals surface area contributed by atoms with E-state index in [-0.39, 0.29) is 5.91 Å². The van der Waals surface area contributed by atoms with Crippen molar-refractivity contribution in [2.24, 2.45) is 0 Å². The molecule has 1 aliphatic rings. The van der Waals surface area contributed by atoms with Crippen molar-refractivity contribution in [3.63, 3.8) is 0 Å². The molecule has 100 valence electrons. The lowest BCUT2D eigenvalue weighted by molar-refractivity contribution is -0.114. The largest absolute Gasteiger partial charge is 0.314 e. The van der Waals surface area contributed by atoms with Crippen LogP contribution in [-0.2, 0) is 4.79 Å². The molecule has 2 aromatic heterocycles. The van der Waals surface area contributed by atoms with Crippen LogP contribution in [-0.4, -0.2) is 25.4 Å². The van der Waals surface area contributed by atoms with Crippen molar-refractivity contribution < 1.29 is 4.79 Å². The molecule has 0 spiro atoms. The molecule has 0 radical (unpaired) electrons. The summed E-state index contributed by atoms with van der Waals surface area (Å²) in [7, 11) is 0. The molecule has 19 heavy (non-hydrogen) atoms. The molecule has 0 aliphatic heterocycles.